The molecule has 1 spiro atoms. The van der Waals surface area contributed by atoms with Gasteiger partial charge in [0.25, 0.3) is 0 Å². The standard InChI is InChI=1S/C12H13ClN2O2/c13-8-1-2-9-10(7-8)15-11(16)17-12(9)3-5-14-6-4-12/h1-2,7,14H,3-6H2,(H,15,16). The van der Waals surface area contributed by atoms with Crippen LogP contribution < -0.4 is 10.6 Å². The van der Waals surface area contributed by atoms with Gasteiger partial charge in [0.15, 0.2) is 0 Å². The van der Waals surface area contributed by atoms with Gasteiger partial charge in [-0.1, -0.05) is 17.7 Å². The van der Waals surface area contributed by atoms with E-state index in [0.717, 1.165) is 37.2 Å². The molecule has 0 unspecified atom stereocenters. The van der Waals surface area contributed by atoms with Gasteiger partial charge in [-0.15, -0.1) is 0 Å². The predicted octanol–water partition coefficient (Wildman–Crippen LogP) is 2.48. The molecule has 2 aliphatic rings. The number of benzene rings is 1. The van der Waals surface area contributed by atoms with Crippen LogP contribution in [0.2, 0.25) is 5.02 Å². The molecule has 17 heavy (non-hydrogen) atoms. The monoisotopic (exact) mass is 252 g/mol. The van der Waals surface area contributed by atoms with Gasteiger partial charge < -0.3 is 10.1 Å². The van der Waals surface area contributed by atoms with Crippen LogP contribution in [0.25, 0.3) is 0 Å². The molecular weight excluding hydrogens is 240 g/mol. The van der Waals surface area contributed by atoms with E-state index in [1.54, 1.807) is 6.07 Å². The number of halogens is 1. The second kappa shape index (κ2) is 3.89. The van der Waals surface area contributed by atoms with E-state index in [4.69, 9.17) is 16.3 Å². The van der Waals surface area contributed by atoms with Crippen molar-refractivity contribution >= 4 is 23.4 Å². The number of fused-ring (bicyclic) bond motifs is 2. The lowest BCUT2D eigenvalue weighted by molar-refractivity contribution is -0.0125. The Kier molecular flexibility index (Phi) is 2.49. The zero-order valence-corrected chi connectivity index (χ0v) is 10.0. The lowest BCUT2D eigenvalue weighted by Crippen LogP contribution is -2.46. The summed E-state index contributed by atoms with van der Waals surface area (Å²) in [5, 5.41) is 6.60. The molecule has 1 fully saturated rings. The van der Waals surface area contributed by atoms with Gasteiger partial charge in [0.2, 0.25) is 0 Å². The maximum atomic E-state index is 11.6. The summed E-state index contributed by atoms with van der Waals surface area (Å²) in [6.07, 6.45) is 1.21. The zero-order chi connectivity index (χ0) is 11.9. The fourth-order valence-corrected chi connectivity index (χ4v) is 2.76. The number of hydrogen-bond donors (Lipinski definition) is 2. The number of amides is 1. The number of hydrogen-bond acceptors (Lipinski definition) is 3. The maximum absolute atomic E-state index is 11.6. The van der Waals surface area contributed by atoms with E-state index in [0.29, 0.717) is 5.02 Å². The van der Waals surface area contributed by atoms with Gasteiger partial charge in [-0.3, -0.25) is 5.32 Å². The van der Waals surface area contributed by atoms with Crippen LogP contribution in [0, 0.1) is 0 Å². The fraction of sp³-hybridized carbons (Fsp3) is 0.417. The van der Waals surface area contributed by atoms with Crippen LogP contribution in [0.1, 0.15) is 18.4 Å². The SMILES string of the molecule is O=C1Nc2cc(Cl)ccc2C2(CCNCC2)O1. The van der Waals surface area contributed by atoms with E-state index in [9.17, 15) is 4.79 Å². The van der Waals surface area contributed by atoms with Crippen LogP contribution in [0.15, 0.2) is 18.2 Å². The van der Waals surface area contributed by atoms with Crippen molar-refractivity contribution in [3.05, 3.63) is 28.8 Å². The molecule has 1 aromatic carbocycles. The molecule has 90 valence electrons. The minimum Gasteiger partial charge on any atom is -0.438 e. The minimum atomic E-state index is -0.479. The quantitative estimate of drug-likeness (QED) is 0.746. The summed E-state index contributed by atoms with van der Waals surface area (Å²) in [5.41, 5.74) is 1.33. The molecular formula is C12H13ClN2O2. The van der Waals surface area contributed by atoms with Crippen molar-refractivity contribution in [3.8, 4) is 0 Å². The van der Waals surface area contributed by atoms with Crippen molar-refractivity contribution in [2.75, 3.05) is 18.4 Å². The Morgan fingerprint density at radius 1 is 1.29 bits per heavy atom. The second-order valence-corrected chi connectivity index (χ2v) is 4.89. The Morgan fingerprint density at radius 2 is 2.06 bits per heavy atom. The highest BCUT2D eigenvalue weighted by Crippen LogP contribution is 2.42. The van der Waals surface area contributed by atoms with E-state index >= 15 is 0 Å². The molecule has 0 aliphatic carbocycles. The van der Waals surface area contributed by atoms with E-state index in [1.807, 2.05) is 12.1 Å². The van der Waals surface area contributed by atoms with Crippen molar-refractivity contribution in [2.45, 2.75) is 18.4 Å². The summed E-state index contributed by atoms with van der Waals surface area (Å²) in [7, 11) is 0. The highest BCUT2D eigenvalue weighted by molar-refractivity contribution is 6.31. The van der Waals surface area contributed by atoms with E-state index in [-0.39, 0.29) is 6.09 Å². The molecule has 5 heteroatoms. The Labute approximate surface area is 104 Å². The molecule has 1 amide bonds. The highest BCUT2D eigenvalue weighted by Gasteiger charge is 2.42. The third kappa shape index (κ3) is 1.77. The maximum Gasteiger partial charge on any atom is 0.412 e. The Balaban J connectivity index is 2.09. The predicted molar refractivity (Wildman–Crippen MR) is 65.3 cm³/mol. The molecule has 0 radical (unpaired) electrons. The van der Waals surface area contributed by atoms with Crippen LogP contribution in [0.4, 0.5) is 10.5 Å². The van der Waals surface area contributed by atoms with E-state index in [2.05, 4.69) is 10.6 Å². The molecule has 1 aromatic rings. The van der Waals surface area contributed by atoms with Crippen LogP contribution in [-0.4, -0.2) is 19.2 Å². The first kappa shape index (κ1) is 10.9. The molecule has 0 saturated carbocycles. The number of ether oxygens (including phenoxy) is 1. The van der Waals surface area contributed by atoms with E-state index < -0.39 is 5.60 Å². The number of nitrogens with one attached hydrogen (secondary N) is 2. The van der Waals surface area contributed by atoms with Crippen LogP contribution >= 0.6 is 11.6 Å². The third-order valence-electron chi connectivity index (χ3n) is 3.41. The van der Waals surface area contributed by atoms with Crippen molar-refractivity contribution in [2.24, 2.45) is 0 Å². The molecule has 0 aromatic heterocycles. The molecule has 0 atom stereocenters. The minimum absolute atomic E-state index is 0.387. The van der Waals surface area contributed by atoms with Crippen molar-refractivity contribution in [1.82, 2.24) is 5.32 Å². The Bertz CT molecular complexity index is 470. The highest BCUT2D eigenvalue weighted by atomic mass is 35.5. The van der Waals surface area contributed by atoms with Gasteiger partial charge in [-0.2, -0.15) is 0 Å². The molecule has 0 bridgehead atoms. The van der Waals surface area contributed by atoms with Gasteiger partial charge in [-0.05, 0) is 25.2 Å². The molecule has 3 rings (SSSR count). The fourth-order valence-electron chi connectivity index (χ4n) is 2.59. The molecule has 1 saturated heterocycles. The van der Waals surface area contributed by atoms with Gasteiger partial charge in [0, 0.05) is 23.4 Å². The largest absolute Gasteiger partial charge is 0.438 e. The Morgan fingerprint density at radius 3 is 2.82 bits per heavy atom. The molecule has 4 nitrogen and oxygen atoms in total. The number of anilines is 1. The van der Waals surface area contributed by atoms with Crippen molar-refractivity contribution in [1.29, 1.82) is 0 Å². The van der Waals surface area contributed by atoms with Crippen LogP contribution in [0.3, 0.4) is 0 Å². The number of rotatable bonds is 0. The first-order chi connectivity index (χ1) is 8.20. The molecule has 2 heterocycles. The smallest absolute Gasteiger partial charge is 0.412 e. The van der Waals surface area contributed by atoms with Gasteiger partial charge in [-0.25, -0.2) is 4.79 Å². The second-order valence-electron chi connectivity index (χ2n) is 4.45. The van der Waals surface area contributed by atoms with Crippen molar-refractivity contribution in [3.63, 3.8) is 0 Å². The molecule has 2 aliphatic heterocycles. The average molecular weight is 253 g/mol. The number of piperidine rings is 1. The summed E-state index contributed by atoms with van der Waals surface area (Å²) in [6.45, 7) is 1.71. The zero-order valence-electron chi connectivity index (χ0n) is 9.25. The molecule has 2 N–H and O–H groups in total. The normalized spacial score (nSPS) is 21.6. The lowest BCUT2D eigenvalue weighted by atomic mass is 9.83. The lowest BCUT2D eigenvalue weighted by Gasteiger charge is -2.41. The van der Waals surface area contributed by atoms with Gasteiger partial charge in [0.1, 0.15) is 5.60 Å². The topological polar surface area (TPSA) is 50.4 Å². The van der Waals surface area contributed by atoms with Crippen molar-refractivity contribution < 1.29 is 9.53 Å². The third-order valence-corrected chi connectivity index (χ3v) is 3.64. The van der Waals surface area contributed by atoms with Crippen LogP contribution in [0.5, 0.6) is 0 Å². The first-order valence-electron chi connectivity index (χ1n) is 5.70. The summed E-state index contributed by atoms with van der Waals surface area (Å²) in [6, 6.07) is 5.56. The van der Waals surface area contributed by atoms with Crippen LogP contribution in [-0.2, 0) is 10.3 Å². The Hall–Kier alpha value is -1.26. The summed E-state index contributed by atoms with van der Waals surface area (Å²) in [4.78, 5) is 11.6. The number of carbonyl (C=O) groups excluding carboxylic acids is 1. The summed E-state index contributed by atoms with van der Waals surface area (Å²) < 4.78 is 5.55. The summed E-state index contributed by atoms with van der Waals surface area (Å²) >= 11 is 5.95. The van der Waals surface area contributed by atoms with Gasteiger partial charge in [0.05, 0.1) is 5.69 Å². The first-order valence-corrected chi connectivity index (χ1v) is 6.08. The number of carbonyl (C=O) groups is 1. The average Bonchev–Trinajstić information content (AvgIpc) is 2.29. The summed E-state index contributed by atoms with van der Waals surface area (Å²) in [5.74, 6) is 0. The van der Waals surface area contributed by atoms with E-state index in [1.165, 1.54) is 0 Å². The van der Waals surface area contributed by atoms with Gasteiger partial charge >= 0.3 is 6.09 Å².